The number of amides is 1. The first kappa shape index (κ1) is 21.1. The van der Waals surface area contributed by atoms with Gasteiger partial charge in [-0.15, -0.1) is 12.4 Å². The van der Waals surface area contributed by atoms with Gasteiger partial charge in [0.05, 0.1) is 16.1 Å². The van der Waals surface area contributed by atoms with E-state index in [1.807, 2.05) is 6.92 Å². The summed E-state index contributed by atoms with van der Waals surface area (Å²) in [5.74, 6) is -0.747. The number of nitrogens with zero attached hydrogens (tertiary/aromatic N) is 1. The van der Waals surface area contributed by atoms with Crippen LogP contribution >= 0.6 is 12.4 Å². The predicted octanol–water partition coefficient (Wildman–Crippen LogP) is 2.48. The predicted molar refractivity (Wildman–Crippen MR) is 104 cm³/mol. The van der Waals surface area contributed by atoms with Gasteiger partial charge in [-0.3, -0.25) is 9.52 Å². The second-order valence-corrected chi connectivity index (χ2v) is 7.89. The number of piperazine rings is 1. The molecule has 2 N–H and O–H groups in total. The van der Waals surface area contributed by atoms with Gasteiger partial charge in [0.1, 0.15) is 5.82 Å². The van der Waals surface area contributed by atoms with Crippen LogP contribution in [0.4, 0.5) is 10.1 Å². The molecule has 0 aliphatic carbocycles. The molecule has 0 unspecified atom stereocenters. The standard InChI is InChI=1S/C18H20FN3O3S.ClH/c1-13-12-22(11-10-20-13)18(23)16-4-2-3-5-17(16)21-26(24,25)15-8-6-14(19)7-9-15;/h2-9,13,20-21H,10-12H2,1H3;1H/t13-;/m1./s1. The van der Waals surface area contributed by atoms with E-state index in [1.54, 1.807) is 29.2 Å². The molecule has 3 rings (SSSR count). The smallest absolute Gasteiger partial charge is 0.261 e. The van der Waals surface area contributed by atoms with Crippen LogP contribution in [0.2, 0.25) is 0 Å². The second kappa shape index (κ2) is 8.69. The normalized spacial score (nSPS) is 17.1. The van der Waals surface area contributed by atoms with Gasteiger partial charge in [0.25, 0.3) is 15.9 Å². The molecule has 0 bridgehead atoms. The Morgan fingerprint density at radius 2 is 1.85 bits per heavy atom. The number of nitrogens with one attached hydrogen (secondary N) is 2. The van der Waals surface area contributed by atoms with Crippen molar-refractivity contribution in [2.24, 2.45) is 0 Å². The van der Waals surface area contributed by atoms with Crippen molar-refractivity contribution >= 4 is 34.0 Å². The summed E-state index contributed by atoms with van der Waals surface area (Å²) in [4.78, 5) is 14.5. The van der Waals surface area contributed by atoms with Crippen LogP contribution in [0.5, 0.6) is 0 Å². The van der Waals surface area contributed by atoms with Gasteiger partial charge in [0.15, 0.2) is 0 Å². The molecule has 0 saturated carbocycles. The van der Waals surface area contributed by atoms with Gasteiger partial charge in [-0.1, -0.05) is 12.1 Å². The molecule has 1 heterocycles. The Balaban J connectivity index is 0.00000261. The molecule has 1 aliphatic rings. The highest BCUT2D eigenvalue weighted by atomic mass is 35.5. The largest absolute Gasteiger partial charge is 0.336 e. The lowest BCUT2D eigenvalue weighted by atomic mass is 10.1. The Kier molecular flexibility index (Phi) is 6.80. The minimum atomic E-state index is -3.93. The highest BCUT2D eigenvalue weighted by molar-refractivity contribution is 7.92. The zero-order valence-corrected chi connectivity index (χ0v) is 16.3. The molecule has 0 radical (unpaired) electrons. The summed E-state index contributed by atoms with van der Waals surface area (Å²) in [7, 11) is -3.93. The Hall–Kier alpha value is -2.16. The number of anilines is 1. The Morgan fingerprint density at radius 3 is 2.52 bits per heavy atom. The first-order chi connectivity index (χ1) is 12.4. The van der Waals surface area contributed by atoms with Crippen LogP contribution in [0, 0.1) is 5.82 Å². The number of rotatable bonds is 4. The van der Waals surface area contributed by atoms with Crippen LogP contribution in [-0.4, -0.2) is 44.9 Å². The molecule has 2 aromatic rings. The highest BCUT2D eigenvalue weighted by Gasteiger charge is 2.25. The van der Waals surface area contributed by atoms with Gasteiger partial charge in [-0.05, 0) is 43.3 Å². The van der Waals surface area contributed by atoms with Crippen molar-refractivity contribution in [1.82, 2.24) is 10.2 Å². The molecule has 0 aromatic heterocycles. The number of halogens is 2. The molecular weight excluding hydrogens is 393 g/mol. The van der Waals surface area contributed by atoms with E-state index in [0.717, 1.165) is 12.1 Å². The van der Waals surface area contributed by atoms with Gasteiger partial charge in [-0.25, -0.2) is 12.8 Å². The van der Waals surface area contributed by atoms with Crippen molar-refractivity contribution in [3.05, 3.63) is 59.9 Å². The van der Waals surface area contributed by atoms with Crippen LogP contribution < -0.4 is 10.0 Å². The van der Waals surface area contributed by atoms with E-state index >= 15 is 0 Å². The van der Waals surface area contributed by atoms with E-state index in [-0.39, 0.29) is 40.5 Å². The van der Waals surface area contributed by atoms with E-state index in [2.05, 4.69) is 10.0 Å². The maximum absolute atomic E-state index is 13.0. The van der Waals surface area contributed by atoms with E-state index in [1.165, 1.54) is 12.1 Å². The fraction of sp³-hybridized carbons (Fsp3) is 0.278. The summed E-state index contributed by atoms with van der Waals surface area (Å²) in [5, 5.41) is 3.26. The van der Waals surface area contributed by atoms with Gasteiger partial charge in [0, 0.05) is 25.7 Å². The third kappa shape index (κ3) is 4.97. The third-order valence-corrected chi connectivity index (χ3v) is 5.56. The molecule has 1 atom stereocenters. The van der Waals surface area contributed by atoms with E-state index < -0.39 is 15.8 Å². The molecule has 9 heteroatoms. The highest BCUT2D eigenvalue weighted by Crippen LogP contribution is 2.22. The summed E-state index contributed by atoms with van der Waals surface area (Å²) >= 11 is 0. The van der Waals surface area contributed by atoms with Gasteiger partial charge in [-0.2, -0.15) is 0 Å². The molecule has 2 aromatic carbocycles. The fourth-order valence-corrected chi connectivity index (χ4v) is 3.94. The lowest BCUT2D eigenvalue weighted by Crippen LogP contribution is -2.51. The van der Waals surface area contributed by atoms with Crippen LogP contribution in [0.25, 0.3) is 0 Å². The van der Waals surface area contributed by atoms with Crippen LogP contribution in [-0.2, 0) is 10.0 Å². The fourth-order valence-electron chi connectivity index (χ4n) is 2.86. The van der Waals surface area contributed by atoms with Crippen molar-refractivity contribution in [3.63, 3.8) is 0 Å². The van der Waals surface area contributed by atoms with E-state index in [9.17, 15) is 17.6 Å². The van der Waals surface area contributed by atoms with Crippen LogP contribution in [0.3, 0.4) is 0 Å². The molecule has 1 saturated heterocycles. The number of para-hydroxylation sites is 1. The van der Waals surface area contributed by atoms with Crippen LogP contribution in [0.15, 0.2) is 53.4 Å². The van der Waals surface area contributed by atoms with Gasteiger partial charge in [0.2, 0.25) is 0 Å². The Morgan fingerprint density at radius 1 is 1.19 bits per heavy atom. The van der Waals surface area contributed by atoms with Gasteiger partial charge < -0.3 is 10.2 Å². The third-order valence-electron chi connectivity index (χ3n) is 4.18. The minimum Gasteiger partial charge on any atom is -0.336 e. The number of benzene rings is 2. The van der Waals surface area contributed by atoms with Crippen molar-refractivity contribution in [3.8, 4) is 0 Å². The number of hydrogen-bond acceptors (Lipinski definition) is 4. The summed E-state index contributed by atoms with van der Waals surface area (Å²) in [5.41, 5.74) is 0.486. The first-order valence-corrected chi connectivity index (χ1v) is 9.75. The van der Waals surface area contributed by atoms with E-state index in [0.29, 0.717) is 19.6 Å². The number of carbonyl (C=O) groups is 1. The molecule has 146 valence electrons. The molecule has 1 aliphatic heterocycles. The average molecular weight is 414 g/mol. The lowest BCUT2D eigenvalue weighted by Gasteiger charge is -2.32. The van der Waals surface area contributed by atoms with E-state index in [4.69, 9.17) is 0 Å². The lowest BCUT2D eigenvalue weighted by molar-refractivity contribution is 0.0710. The SMILES string of the molecule is C[C@@H]1CN(C(=O)c2ccccc2NS(=O)(=O)c2ccc(F)cc2)CCN1.Cl. The molecule has 1 fully saturated rings. The molecule has 1 amide bonds. The summed E-state index contributed by atoms with van der Waals surface area (Å²) < 4.78 is 40.6. The number of hydrogen-bond donors (Lipinski definition) is 2. The Bertz CT molecular complexity index is 906. The molecular formula is C18H21ClFN3O3S. The summed E-state index contributed by atoms with van der Waals surface area (Å²) in [6.07, 6.45) is 0. The van der Waals surface area contributed by atoms with Crippen molar-refractivity contribution in [1.29, 1.82) is 0 Å². The number of carbonyl (C=O) groups excluding carboxylic acids is 1. The number of sulfonamides is 1. The second-order valence-electron chi connectivity index (χ2n) is 6.21. The monoisotopic (exact) mass is 413 g/mol. The van der Waals surface area contributed by atoms with Crippen LogP contribution in [0.1, 0.15) is 17.3 Å². The Labute approximate surface area is 164 Å². The summed E-state index contributed by atoms with van der Waals surface area (Å²) in [6.45, 7) is 3.79. The first-order valence-electron chi connectivity index (χ1n) is 8.27. The summed E-state index contributed by atoms with van der Waals surface area (Å²) in [6, 6.07) is 11.2. The topological polar surface area (TPSA) is 78.5 Å². The molecule has 27 heavy (non-hydrogen) atoms. The zero-order valence-electron chi connectivity index (χ0n) is 14.7. The maximum atomic E-state index is 13.0. The van der Waals surface area contributed by atoms with Crippen molar-refractivity contribution in [2.75, 3.05) is 24.4 Å². The maximum Gasteiger partial charge on any atom is 0.261 e. The van der Waals surface area contributed by atoms with Gasteiger partial charge >= 0.3 is 0 Å². The molecule has 6 nitrogen and oxygen atoms in total. The van der Waals surface area contributed by atoms with Crippen molar-refractivity contribution < 1.29 is 17.6 Å². The average Bonchev–Trinajstić information content (AvgIpc) is 2.62. The molecule has 0 spiro atoms. The zero-order chi connectivity index (χ0) is 18.7. The minimum absolute atomic E-state index is 0. The quantitative estimate of drug-likeness (QED) is 0.807. The van der Waals surface area contributed by atoms with Crippen molar-refractivity contribution in [2.45, 2.75) is 17.9 Å².